The number of H-pyrrole nitrogens is 1. The molecule has 4 nitrogen and oxygen atoms in total. The van der Waals surface area contributed by atoms with Gasteiger partial charge in [-0.1, -0.05) is 11.8 Å². The highest BCUT2D eigenvalue weighted by molar-refractivity contribution is 7.99. The molecule has 1 fully saturated rings. The number of hydrogen-bond donors (Lipinski definition) is 2. The van der Waals surface area contributed by atoms with Gasteiger partial charge >= 0.3 is 0 Å². The van der Waals surface area contributed by atoms with Crippen LogP contribution in [-0.2, 0) is 0 Å². The summed E-state index contributed by atoms with van der Waals surface area (Å²) < 4.78 is 0. The summed E-state index contributed by atoms with van der Waals surface area (Å²) in [6.07, 6.45) is 3.93. The Hall–Kier alpha value is -0.550. The Morgan fingerprint density at radius 3 is 3.07 bits per heavy atom. The molecule has 0 aromatic carbocycles. The van der Waals surface area contributed by atoms with Crippen molar-refractivity contribution in [3.8, 4) is 0 Å². The Morgan fingerprint density at radius 2 is 2.43 bits per heavy atom. The van der Waals surface area contributed by atoms with Crippen LogP contribution >= 0.6 is 11.8 Å². The zero-order valence-corrected chi connectivity index (χ0v) is 9.23. The second-order valence-electron chi connectivity index (χ2n) is 3.63. The second-order valence-corrected chi connectivity index (χ2v) is 4.70. The summed E-state index contributed by atoms with van der Waals surface area (Å²) in [5, 5.41) is 11.3. The molecule has 0 amide bonds. The molecule has 1 saturated carbocycles. The summed E-state index contributed by atoms with van der Waals surface area (Å²) in [4.78, 5) is 4.23. The Morgan fingerprint density at radius 1 is 1.57 bits per heavy atom. The molecular weight excluding hydrogens is 196 g/mol. The normalized spacial score (nSPS) is 16.1. The van der Waals surface area contributed by atoms with E-state index in [1.54, 1.807) is 11.8 Å². The molecule has 0 aliphatic heterocycles. The third-order valence-corrected chi connectivity index (χ3v) is 3.07. The molecule has 1 aliphatic rings. The lowest BCUT2D eigenvalue weighted by atomic mass is 10.5. The van der Waals surface area contributed by atoms with Crippen molar-refractivity contribution >= 4 is 11.8 Å². The van der Waals surface area contributed by atoms with Crippen LogP contribution in [0, 0.1) is 6.92 Å². The average Bonchev–Trinajstić information content (AvgIpc) is 2.89. The van der Waals surface area contributed by atoms with Crippen LogP contribution in [0.5, 0.6) is 0 Å². The lowest BCUT2D eigenvalue weighted by molar-refractivity contribution is 0.674. The molecule has 0 unspecified atom stereocenters. The topological polar surface area (TPSA) is 53.6 Å². The van der Waals surface area contributed by atoms with E-state index < -0.39 is 0 Å². The van der Waals surface area contributed by atoms with E-state index in [1.807, 2.05) is 6.92 Å². The third-order valence-electron chi connectivity index (χ3n) is 2.14. The highest BCUT2D eigenvalue weighted by Gasteiger charge is 2.19. The first kappa shape index (κ1) is 9.98. The summed E-state index contributed by atoms with van der Waals surface area (Å²) in [7, 11) is 0. The largest absolute Gasteiger partial charge is 0.314 e. The number of aromatic nitrogens is 3. The first-order chi connectivity index (χ1) is 6.84. The van der Waals surface area contributed by atoms with Crippen LogP contribution in [0.15, 0.2) is 5.16 Å². The van der Waals surface area contributed by atoms with Crippen molar-refractivity contribution in [2.24, 2.45) is 0 Å². The summed E-state index contributed by atoms with van der Waals surface area (Å²) in [5.41, 5.74) is 0. The van der Waals surface area contributed by atoms with E-state index in [-0.39, 0.29) is 0 Å². The SMILES string of the molecule is Cc1nc(SCCCNC2CC2)n[nH]1. The lowest BCUT2D eigenvalue weighted by Gasteiger charge is -2.00. The first-order valence-electron chi connectivity index (χ1n) is 5.10. The van der Waals surface area contributed by atoms with Gasteiger partial charge in [-0.15, -0.1) is 5.10 Å². The Labute approximate surface area is 88.3 Å². The monoisotopic (exact) mass is 212 g/mol. The Balaban J connectivity index is 1.53. The molecule has 0 bridgehead atoms. The van der Waals surface area contributed by atoms with Crippen LogP contribution in [0.25, 0.3) is 0 Å². The van der Waals surface area contributed by atoms with E-state index in [0.29, 0.717) is 0 Å². The van der Waals surface area contributed by atoms with Gasteiger partial charge in [0.05, 0.1) is 0 Å². The number of nitrogens with zero attached hydrogens (tertiary/aromatic N) is 2. The molecule has 1 aromatic rings. The second kappa shape index (κ2) is 4.79. The minimum atomic E-state index is 0.825. The van der Waals surface area contributed by atoms with Crippen molar-refractivity contribution in [2.45, 2.75) is 37.4 Å². The molecule has 0 saturated heterocycles. The average molecular weight is 212 g/mol. The van der Waals surface area contributed by atoms with Gasteiger partial charge in [0.25, 0.3) is 0 Å². The minimum Gasteiger partial charge on any atom is -0.314 e. The standard InChI is InChI=1S/C9H16N4S/c1-7-11-9(13-12-7)14-6-2-5-10-8-3-4-8/h8,10H,2-6H2,1H3,(H,11,12,13). The number of nitrogens with one attached hydrogen (secondary N) is 2. The van der Waals surface area contributed by atoms with Crippen molar-refractivity contribution in [1.82, 2.24) is 20.5 Å². The molecule has 1 heterocycles. The predicted octanol–water partition coefficient (Wildman–Crippen LogP) is 1.35. The molecule has 2 rings (SSSR count). The van der Waals surface area contributed by atoms with Crippen molar-refractivity contribution < 1.29 is 0 Å². The van der Waals surface area contributed by atoms with Crippen molar-refractivity contribution in [1.29, 1.82) is 0 Å². The summed E-state index contributed by atoms with van der Waals surface area (Å²) in [5.74, 6) is 1.99. The zero-order valence-electron chi connectivity index (χ0n) is 8.42. The van der Waals surface area contributed by atoms with Gasteiger partial charge in [-0.05, 0) is 32.7 Å². The molecule has 1 aromatic heterocycles. The molecule has 0 atom stereocenters. The molecule has 14 heavy (non-hydrogen) atoms. The number of aryl methyl sites for hydroxylation is 1. The van der Waals surface area contributed by atoms with Crippen LogP contribution in [0.1, 0.15) is 25.1 Å². The van der Waals surface area contributed by atoms with Gasteiger partial charge in [-0.3, -0.25) is 5.10 Å². The van der Waals surface area contributed by atoms with E-state index >= 15 is 0 Å². The number of aromatic amines is 1. The van der Waals surface area contributed by atoms with E-state index in [9.17, 15) is 0 Å². The van der Waals surface area contributed by atoms with Crippen molar-refractivity contribution in [2.75, 3.05) is 12.3 Å². The molecule has 0 radical (unpaired) electrons. The zero-order chi connectivity index (χ0) is 9.80. The fourth-order valence-electron chi connectivity index (χ4n) is 1.22. The Kier molecular flexibility index (Phi) is 3.42. The van der Waals surface area contributed by atoms with Crippen LogP contribution in [0.3, 0.4) is 0 Å². The fourth-order valence-corrected chi connectivity index (χ4v) is 2.00. The fraction of sp³-hybridized carbons (Fsp3) is 0.778. The third kappa shape index (κ3) is 3.31. The van der Waals surface area contributed by atoms with E-state index in [1.165, 1.54) is 19.3 Å². The maximum Gasteiger partial charge on any atom is 0.208 e. The van der Waals surface area contributed by atoms with Crippen molar-refractivity contribution in [3.05, 3.63) is 5.82 Å². The summed E-state index contributed by atoms with van der Waals surface area (Å²) >= 11 is 1.72. The van der Waals surface area contributed by atoms with Crippen LogP contribution in [0.2, 0.25) is 0 Å². The molecular formula is C9H16N4S. The quantitative estimate of drug-likeness (QED) is 0.552. The number of thioether (sulfide) groups is 1. The molecule has 0 spiro atoms. The van der Waals surface area contributed by atoms with Crippen LogP contribution < -0.4 is 5.32 Å². The summed E-state index contributed by atoms with van der Waals surface area (Å²) in [6, 6.07) is 0.825. The van der Waals surface area contributed by atoms with Gasteiger partial charge in [0.1, 0.15) is 5.82 Å². The summed E-state index contributed by atoms with van der Waals surface area (Å²) in [6.45, 7) is 3.05. The molecule has 2 N–H and O–H groups in total. The first-order valence-corrected chi connectivity index (χ1v) is 6.08. The number of rotatable bonds is 6. The van der Waals surface area contributed by atoms with Gasteiger partial charge in [-0.2, -0.15) is 0 Å². The van der Waals surface area contributed by atoms with Crippen LogP contribution in [0.4, 0.5) is 0 Å². The van der Waals surface area contributed by atoms with Crippen molar-refractivity contribution in [3.63, 3.8) is 0 Å². The molecule has 1 aliphatic carbocycles. The molecule has 5 heteroatoms. The molecule has 78 valence electrons. The number of hydrogen-bond acceptors (Lipinski definition) is 4. The van der Waals surface area contributed by atoms with Crippen LogP contribution in [-0.4, -0.2) is 33.5 Å². The predicted molar refractivity (Wildman–Crippen MR) is 57.5 cm³/mol. The van der Waals surface area contributed by atoms with Gasteiger partial charge in [0.2, 0.25) is 5.16 Å². The van der Waals surface area contributed by atoms with E-state index in [0.717, 1.165) is 29.3 Å². The van der Waals surface area contributed by atoms with Gasteiger partial charge in [0, 0.05) is 11.8 Å². The highest BCUT2D eigenvalue weighted by Crippen LogP contribution is 2.18. The van der Waals surface area contributed by atoms with E-state index in [2.05, 4.69) is 20.5 Å². The maximum atomic E-state index is 4.23. The van der Waals surface area contributed by atoms with Gasteiger partial charge in [-0.25, -0.2) is 4.98 Å². The van der Waals surface area contributed by atoms with Gasteiger partial charge in [0.15, 0.2) is 0 Å². The Bertz CT molecular complexity index is 282. The van der Waals surface area contributed by atoms with E-state index in [4.69, 9.17) is 0 Å². The lowest BCUT2D eigenvalue weighted by Crippen LogP contribution is -2.17. The highest BCUT2D eigenvalue weighted by atomic mass is 32.2. The maximum absolute atomic E-state index is 4.23. The smallest absolute Gasteiger partial charge is 0.208 e. The van der Waals surface area contributed by atoms with Gasteiger partial charge < -0.3 is 5.32 Å². The minimum absolute atomic E-state index is 0.825.